The molecule has 0 unspecified atom stereocenters. The fourth-order valence-corrected chi connectivity index (χ4v) is 3.35. The zero-order chi connectivity index (χ0) is 20.5. The number of anilines is 1. The first-order chi connectivity index (χ1) is 14.0. The van der Waals surface area contributed by atoms with Crippen molar-refractivity contribution >= 4 is 22.6 Å². The molecule has 4 rings (SSSR count). The number of fused-ring (bicyclic) bond motifs is 1. The molecule has 144 valence electrons. The highest BCUT2D eigenvalue weighted by atomic mass is 16.1. The van der Waals surface area contributed by atoms with E-state index in [2.05, 4.69) is 41.7 Å². The van der Waals surface area contributed by atoms with Crippen molar-refractivity contribution in [2.45, 2.75) is 39.2 Å². The summed E-state index contributed by atoms with van der Waals surface area (Å²) in [5.74, 6) is 7.17. The maximum atomic E-state index is 12.5. The van der Waals surface area contributed by atoms with Gasteiger partial charge in [0.1, 0.15) is 23.9 Å². The first-order valence-corrected chi connectivity index (χ1v) is 9.68. The summed E-state index contributed by atoms with van der Waals surface area (Å²) < 4.78 is 2.00. The van der Waals surface area contributed by atoms with Crippen LogP contribution in [0.1, 0.15) is 66.2 Å². The van der Waals surface area contributed by atoms with Crippen molar-refractivity contribution < 1.29 is 4.79 Å². The van der Waals surface area contributed by atoms with Gasteiger partial charge in [-0.25, -0.2) is 9.97 Å². The predicted octanol–water partition coefficient (Wildman–Crippen LogP) is 3.85. The lowest BCUT2D eigenvalue weighted by Crippen LogP contribution is -2.01. The number of ketones is 1. The van der Waals surface area contributed by atoms with E-state index in [4.69, 9.17) is 5.73 Å². The molecule has 6 nitrogen and oxygen atoms in total. The molecule has 1 aliphatic rings. The molecular weight excluding hydrogens is 362 g/mol. The Bertz CT molecular complexity index is 1220. The molecule has 0 amide bonds. The lowest BCUT2D eigenvalue weighted by atomic mass is 10.00. The molecule has 3 aromatic rings. The van der Waals surface area contributed by atoms with Gasteiger partial charge in [-0.2, -0.15) is 5.26 Å². The number of carbonyl (C=O) groups excluding carboxylic acids is 1. The highest BCUT2D eigenvalue weighted by Crippen LogP contribution is 2.33. The summed E-state index contributed by atoms with van der Waals surface area (Å²) in [6, 6.07) is 7.43. The predicted molar refractivity (Wildman–Crippen MR) is 111 cm³/mol. The Morgan fingerprint density at radius 1 is 1.24 bits per heavy atom. The third-order valence-electron chi connectivity index (χ3n) is 5.16. The van der Waals surface area contributed by atoms with Crippen LogP contribution >= 0.6 is 0 Å². The summed E-state index contributed by atoms with van der Waals surface area (Å²) in [7, 11) is 0. The second kappa shape index (κ2) is 7.41. The van der Waals surface area contributed by atoms with Gasteiger partial charge in [0.25, 0.3) is 0 Å². The van der Waals surface area contributed by atoms with Gasteiger partial charge in [0.05, 0.1) is 16.5 Å². The SMILES string of the molecule is CC(C)n1cc(C#Cc2cc(C(=O)CC3CC3)ccc2C#N)c2c(N)ncnc21. The number of carbonyl (C=O) groups is 1. The number of nitrogens with zero attached hydrogens (tertiary/aromatic N) is 4. The molecule has 1 aromatic carbocycles. The fraction of sp³-hybridized carbons (Fsp3) is 0.304. The van der Waals surface area contributed by atoms with E-state index in [0.717, 1.165) is 18.5 Å². The minimum absolute atomic E-state index is 0.106. The maximum absolute atomic E-state index is 12.5. The van der Waals surface area contributed by atoms with Crippen molar-refractivity contribution in [2.75, 3.05) is 5.73 Å². The molecule has 1 aliphatic carbocycles. The minimum Gasteiger partial charge on any atom is -0.383 e. The van der Waals surface area contributed by atoms with Crippen molar-refractivity contribution in [3.8, 4) is 17.9 Å². The molecule has 0 aliphatic heterocycles. The van der Waals surface area contributed by atoms with E-state index in [1.807, 2.05) is 10.8 Å². The standard InChI is InChI=1S/C23H21N5O/c1-14(2)28-12-19(21-22(25)26-13-27-23(21)28)8-5-16-10-17(6-7-18(16)11-24)20(29)9-15-3-4-15/h6-7,10,12-15H,3-4,9H2,1-2H3,(H2,25,26,27). The van der Waals surface area contributed by atoms with E-state index in [-0.39, 0.29) is 11.8 Å². The molecule has 29 heavy (non-hydrogen) atoms. The van der Waals surface area contributed by atoms with Crippen LogP contribution in [0.5, 0.6) is 0 Å². The van der Waals surface area contributed by atoms with Crippen LogP contribution in [0.25, 0.3) is 11.0 Å². The first kappa shape index (κ1) is 18.7. The van der Waals surface area contributed by atoms with Gasteiger partial charge in [-0.1, -0.05) is 17.9 Å². The van der Waals surface area contributed by atoms with Gasteiger partial charge in [0.15, 0.2) is 5.78 Å². The largest absolute Gasteiger partial charge is 0.383 e. The molecular formula is C23H21N5O. The highest BCUT2D eigenvalue weighted by Gasteiger charge is 2.25. The Morgan fingerprint density at radius 2 is 2.00 bits per heavy atom. The third kappa shape index (κ3) is 3.70. The van der Waals surface area contributed by atoms with E-state index >= 15 is 0 Å². The van der Waals surface area contributed by atoms with Gasteiger partial charge < -0.3 is 10.3 Å². The van der Waals surface area contributed by atoms with Gasteiger partial charge in [-0.05, 0) is 44.7 Å². The number of nitriles is 1. The average Bonchev–Trinajstić information content (AvgIpc) is 3.43. The Morgan fingerprint density at radius 3 is 2.69 bits per heavy atom. The van der Waals surface area contributed by atoms with Crippen molar-refractivity contribution in [1.29, 1.82) is 5.26 Å². The number of aromatic nitrogens is 3. The lowest BCUT2D eigenvalue weighted by molar-refractivity contribution is 0.0976. The quantitative estimate of drug-likeness (QED) is 0.545. The monoisotopic (exact) mass is 383 g/mol. The molecule has 2 heterocycles. The summed E-state index contributed by atoms with van der Waals surface area (Å²) >= 11 is 0. The first-order valence-electron chi connectivity index (χ1n) is 9.68. The zero-order valence-corrected chi connectivity index (χ0v) is 16.4. The smallest absolute Gasteiger partial charge is 0.163 e. The van der Waals surface area contributed by atoms with Crippen LogP contribution in [0, 0.1) is 29.1 Å². The average molecular weight is 383 g/mol. The summed E-state index contributed by atoms with van der Waals surface area (Å²) in [6.07, 6.45) is 6.16. The topological polar surface area (TPSA) is 97.6 Å². The van der Waals surface area contributed by atoms with Crippen LogP contribution in [0.15, 0.2) is 30.7 Å². The minimum atomic E-state index is 0.106. The summed E-state index contributed by atoms with van der Waals surface area (Å²) in [6.45, 7) is 4.11. The maximum Gasteiger partial charge on any atom is 0.163 e. The van der Waals surface area contributed by atoms with E-state index < -0.39 is 0 Å². The summed E-state index contributed by atoms with van der Waals surface area (Å²) in [5, 5.41) is 10.1. The van der Waals surface area contributed by atoms with Crippen molar-refractivity contribution in [3.05, 3.63) is 53.0 Å². The third-order valence-corrected chi connectivity index (χ3v) is 5.16. The summed E-state index contributed by atoms with van der Waals surface area (Å²) in [5.41, 5.74) is 9.09. The fourth-order valence-electron chi connectivity index (χ4n) is 3.35. The van der Waals surface area contributed by atoms with Crippen LogP contribution < -0.4 is 5.73 Å². The van der Waals surface area contributed by atoms with Gasteiger partial charge in [-0.3, -0.25) is 4.79 Å². The molecule has 0 spiro atoms. The van der Waals surface area contributed by atoms with Crippen LogP contribution in [0.2, 0.25) is 0 Å². The number of rotatable bonds is 4. The van der Waals surface area contributed by atoms with Gasteiger partial charge in [0, 0.05) is 29.8 Å². The van der Waals surface area contributed by atoms with E-state index in [9.17, 15) is 10.1 Å². The van der Waals surface area contributed by atoms with Gasteiger partial charge >= 0.3 is 0 Å². The Kier molecular flexibility index (Phi) is 4.78. The lowest BCUT2D eigenvalue weighted by Gasteiger charge is -2.07. The molecule has 6 heteroatoms. The van der Waals surface area contributed by atoms with Crippen LogP contribution in [0.3, 0.4) is 0 Å². The number of nitrogens with two attached hydrogens (primary N) is 1. The van der Waals surface area contributed by atoms with Gasteiger partial charge in [-0.15, -0.1) is 0 Å². The zero-order valence-electron chi connectivity index (χ0n) is 16.4. The second-order valence-corrected chi connectivity index (χ2v) is 7.69. The van der Waals surface area contributed by atoms with Crippen LogP contribution in [-0.2, 0) is 0 Å². The molecule has 0 saturated heterocycles. The number of Topliss-reactive ketones (excluding diaryl/α,β-unsaturated/α-hetero) is 1. The molecule has 0 bridgehead atoms. The molecule has 1 fully saturated rings. The number of benzene rings is 1. The molecule has 2 N–H and O–H groups in total. The number of hydrogen-bond donors (Lipinski definition) is 1. The number of hydrogen-bond acceptors (Lipinski definition) is 5. The van der Waals surface area contributed by atoms with E-state index in [1.54, 1.807) is 18.2 Å². The molecule has 0 radical (unpaired) electrons. The van der Waals surface area contributed by atoms with Crippen molar-refractivity contribution in [2.24, 2.45) is 5.92 Å². The highest BCUT2D eigenvalue weighted by molar-refractivity contribution is 5.97. The molecule has 0 atom stereocenters. The van der Waals surface area contributed by atoms with Crippen LogP contribution in [0.4, 0.5) is 5.82 Å². The van der Waals surface area contributed by atoms with Crippen molar-refractivity contribution in [3.63, 3.8) is 0 Å². The van der Waals surface area contributed by atoms with E-state index in [0.29, 0.717) is 45.8 Å². The number of nitrogen functional groups attached to an aromatic ring is 1. The Labute approximate surface area is 169 Å². The summed E-state index contributed by atoms with van der Waals surface area (Å²) in [4.78, 5) is 20.9. The van der Waals surface area contributed by atoms with E-state index in [1.165, 1.54) is 6.33 Å². The molecule has 1 saturated carbocycles. The molecule has 2 aromatic heterocycles. The Hall–Kier alpha value is -3.64. The van der Waals surface area contributed by atoms with Crippen molar-refractivity contribution in [1.82, 2.24) is 14.5 Å². The normalized spacial score (nSPS) is 13.2. The second-order valence-electron chi connectivity index (χ2n) is 7.69. The Balaban J connectivity index is 1.77. The van der Waals surface area contributed by atoms with Gasteiger partial charge in [0.2, 0.25) is 0 Å². The van der Waals surface area contributed by atoms with Crippen LogP contribution in [-0.4, -0.2) is 20.3 Å².